The molecule has 1 amide bonds. The van der Waals surface area contributed by atoms with E-state index in [2.05, 4.69) is 15.4 Å². The van der Waals surface area contributed by atoms with Gasteiger partial charge >= 0.3 is 5.97 Å². The van der Waals surface area contributed by atoms with E-state index in [4.69, 9.17) is 0 Å². The predicted molar refractivity (Wildman–Crippen MR) is 90.0 cm³/mol. The molecule has 0 radical (unpaired) electrons. The van der Waals surface area contributed by atoms with Gasteiger partial charge < -0.3 is 15.4 Å². The van der Waals surface area contributed by atoms with E-state index in [1.807, 2.05) is 30.3 Å². The predicted octanol–water partition coefficient (Wildman–Crippen LogP) is 2.73. The summed E-state index contributed by atoms with van der Waals surface area (Å²) in [5.41, 5.74) is 0.920. The molecule has 2 N–H and O–H groups in total. The van der Waals surface area contributed by atoms with Crippen LogP contribution >= 0.6 is 0 Å². The first-order chi connectivity index (χ1) is 11.1. The Labute approximate surface area is 137 Å². The van der Waals surface area contributed by atoms with Gasteiger partial charge in [-0.3, -0.25) is 4.79 Å². The molecular weight excluding hydrogens is 292 g/mol. The quantitative estimate of drug-likeness (QED) is 0.792. The van der Waals surface area contributed by atoms with Crippen LogP contribution in [-0.4, -0.2) is 31.1 Å². The molecular formula is C18H26N2O3. The number of carbonyl (C=O) groups is 2. The number of anilines is 1. The number of para-hydroxylation sites is 1. The van der Waals surface area contributed by atoms with Gasteiger partial charge in [-0.2, -0.15) is 0 Å². The highest BCUT2D eigenvalue weighted by molar-refractivity contribution is 5.89. The van der Waals surface area contributed by atoms with Crippen molar-refractivity contribution in [2.45, 2.75) is 51.1 Å². The van der Waals surface area contributed by atoms with Crippen molar-refractivity contribution in [2.75, 3.05) is 12.4 Å². The molecule has 126 valence electrons. The zero-order valence-electron chi connectivity index (χ0n) is 13.9. The molecule has 23 heavy (non-hydrogen) atoms. The molecule has 0 bridgehead atoms. The van der Waals surface area contributed by atoms with Crippen molar-refractivity contribution < 1.29 is 14.3 Å². The van der Waals surface area contributed by atoms with Gasteiger partial charge in [0.05, 0.1) is 7.11 Å². The van der Waals surface area contributed by atoms with Gasteiger partial charge in [0.25, 0.3) is 0 Å². The van der Waals surface area contributed by atoms with Crippen LogP contribution in [0.1, 0.15) is 39.0 Å². The Morgan fingerprint density at radius 2 is 1.78 bits per heavy atom. The normalized spacial score (nSPS) is 17.8. The van der Waals surface area contributed by atoms with Crippen molar-refractivity contribution >= 4 is 17.6 Å². The summed E-state index contributed by atoms with van der Waals surface area (Å²) in [6, 6.07) is 8.76. The van der Waals surface area contributed by atoms with Crippen molar-refractivity contribution in [1.29, 1.82) is 0 Å². The topological polar surface area (TPSA) is 67.4 Å². The van der Waals surface area contributed by atoms with Gasteiger partial charge in [-0.05, 0) is 37.8 Å². The Bertz CT molecular complexity index is 512. The van der Waals surface area contributed by atoms with Crippen LogP contribution in [0.25, 0.3) is 0 Å². The third-order valence-corrected chi connectivity index (χ3v) is 4.41. The van der Waals surface area contributed by atoms with Gasteiger partial charge in [-0.25, -0.2) is 4.79 Å². The minimum atomic E-state index is -0.642. The third kappa shape index (κ3) is 4.98. The van der Waals surface area contributed by atoms with E-state index in [9.17, 15) is 9.59 Å². The Morgan fingerprint density at radius 3 is 2.39 bits per heavy atom. The van der Waals surface area contributed by atoms with E-state index in [0.717, 1.165) is 31.4 Å². The monoisotopic (exact) mass is 318 g/mol. The first kappa shape index (κ1) is 17.3. The van der Waals surface area contributed by atoms with E-state index in [1.54, 1.807) is 6.92 Å². The maximum atomic E-state index is 12.7. The molecule has 1 saturated carbocycles. The minimum absolute atomic E-state index is 0.140. The molecule has 0 aromatic heterocycles. The molecule has 2 rings (SSSR count). The summed E-state index contributed by atoms with van der Waals surface area (Å²) in [7, 11) is 1.33. The summed E-state index contributed by atoms with van der Waals surface area (Å²) in [5, 5.41) is 6.12. The van der Waals surface area contributed by atoms with E-state index in [1.165, 1.54) is 13.5 Å². The van der Waals surface area contributed by atoms with Crippen LogP contribution in [0.2, 0.25) is 0 Å². The van der Waals surface area contributed by atoms with Crippen LogP contribution in [0, 0.1) is 5.92 Å². The number of ether oxygens (including phenoxy) is 1. The molecule has 0 heterocycles. The lowest BCUT2D eigenvalue weighted by Crippen LogP contribution is -2.50. The molecule has 1 aromatic rings. The van der Waals surface area contributed by atoms with Crippen LogP contribution in [0.15, 0.2) is 30.3 Å². The Morgan fingerprint density at radius 1 is 1.13 bits per heavy atom. The second-order valence-corrected chi connectivity index (χ2v) is 6.14. The van der Waals surface area contributed by atoms with Crippen LogP contribution in [0.4, 0.5) is 5.69 Å². The Kier molecular flexibility index (Phi) is 6.44. The van der Waals surface area contributed by atoms with Crippen LogP contribution in [-0.2, 0) is 14.3 Å². The van der Waals surface area contributed by atoms with Gasteiger partial charge in [0.15, 0.2) is 0 Å². The highest BCUT2D eigenvalue weighted by atomic mass is 16.5. The summed E-state index contributed by atoms with van der Waals surface area (Å²) >= 11 is 0. The summed E-state index contributed by atoms with van der Waals surface area (Å²) < 4.78 is 4.68. The SMILES string of the molecule is COC(=O)[C@@H](C)NC(=O)C(Nc1ccccc1)C1CCCCC1. The Hall–Kier alpha value is -2.04. The van der Waals surface area contributed by atoms with Crippen molar-refractivity contribution in [3.05, 3.63) is 30.3 Å². The van der Waals surface area contributed by atoms with Gasteiger partial charge in [-0.15, -0.1) is 0 Å². The molecule has 1 unspecified atom stereocenters. The lowest BCUT2D eigenvalue weighted by atomic mass is 9.83. The van der Waals surface area contributed by atoms with Crippen LogP contribution < -0.4 is 10.6 Å². The molecule has 1 fully saturated rings. The number of carbonyl (C=O) groups excluding carboxylic acids is 2. The number of esters is 1. The molecule has 0 saturated heterocycles. The fourth-order valence-corrected chi connectivity index (χ4v) is 3.12. The molecule has 0 spiro atoms. The smallest absolute Gasteiger partial charge is 0.328 e. The molecule has 1 aromatic carbocycles. The fourth-order valence-electron chi connectivity index (χ4n) is 3.12. The largest absolute Gasteiger partial charge is 0.467 e. The number of methoxy groups -OCH3 is 1. The Balaban J connectivity index is 2.08. The van der Waals surface area contributed by atoms with Gasteiger partial charge in [0, 0.05) is 5.69 Å². The molecule has 2 atom stereocenters. The maximum absolute atomic E-state index is 12.7. The van der Waals surface area contributed by atoms with E-state index < -0.39 is 12.0 Å². The zero-order valence-corrected chi connectivity index (χ0v) is 13.9. The van der Waals surface area contributed by atoms with Gasteiger partial charge in [0.1, 0.15) is 12.1 Å². The zero-order chi connectivity index (χ0) is 16.7. The second kappa shape index (κ2) is 8.56. The third-order valence-electron chi connectivity index (χ3n) is 4.41. The van der Waals surface area contributed by atoms with Crippen molar-refractivity contribution in [3.8, 4) is 0 Å². The van der Waals surface area contributed by atoms with Crippen molar-refractivity contribution in [1.82, 2.24) is 5.32 Å². The van der Waals surface area contributed by atoms with Crippen LogP contribution in [0.3, 0.4) is 0 Å². The van der Waals surface area contributed by atoms with E-state index in [-0.39, 0.29) is 17.9 Å². The van der Waals surface area contributed by atoms with E-state index >= 15 is 0 Å². The summed E-state index contributed by atoms with van der Waals surface area (Å²) in [4.78, 5) is 24.2. The standard InChI is InChI=1S/C18H26N2O3/c1-13(18(22)23-2)19-17(21)16(14-9-5-3-6-10-14)20-15-11-7-4-8-12-15/h4,7-8,11-14,16,20H,3,5-6,9-10H2,1-2H3,(H,19,21)/t13-,16?/m1/s1. The summed E-state index contributed by atoms with van der Waals surface area (Å²) in [6.45, 7) is 1.64. The number of hydrogen-bond acceptors (Lipinski definition) is 4. The maximum Gasteiger partial charge on any atom is 0.328 e. The highest BCUT2D eigenvalue weighted by Gasteiger charge is 2.31. The van der Waals surface area contributed by atoms with Gasteiger partial charge in [0.2, 0.25) is 5.91 Å². The first-order valence-electron chi connectivity index (χ1n) is 8.31. The number of rotatable bonds is 6. The summed E-state index contributed by atoms with van der Waals surface area (Å²) in [5.74, 6) is -0.284. The van der Waals surface area contributed by atoms with Crippen molar-refractivity contribution in [2.24, 2.45) is 5.92 Å². The molecule has 1 aliphatic rings. The first-order valence-corrected chi connectivity index (χ1v) is 8.31. The summed E-state index contributed by atoms with van der Waals surface area (Å²) in [6.07, 6.45) is 5.60. The fraction of sp³-hybridized carbons (Fsp3) is 0.556. The second-order valence-electron chi connectivity index (χ2n) is 6.14. The lowest BCUT2D eigenvalue weighted by Gasteiger charge is -2.31. The number of benzene rings is 1. The number of hydrogen-bond donors (Lipinski definition) is 2. The average Bonchev–Trinajstić information content (AvgIpc) is 2.60. The van der Waals surface area contributed by atoms with E-state index in [0.29, 0.717) is 0 Å². The van der Waals surface area contributed by atoms with Crippen molar-refractivity contribution in [3.63, 3.8) is 0 Å². The number of nitrogens with one attached hydrogen (secondary N) is 2. The van der Waals surface area contributed by atoms with Gasteiger partial charge in [-0.1, -0.05) is 37.5 Å². The molecule has 1 aliphatic carbocycles. The number of amides is 1. The molecule has 5 heteroatoms. The molecule has 0 aliphatic heterocycles. The molecule has 5 nitrogen and oxygen atoms in total. The van der Waals surface area contributed by atoms with Crippen LogP contribution in [0.5, 0.6) is 0 Å². The lowest BCUT2D eigenvalue weighted by molar-refractivity contribution is -0.144. The highest BCUT2D eigenvalue weighted by Crippen LogP contribution is 2.28. The average molecular weight is 318 g/mol. The minimum Gasteiger partial charge on any atom is -0.467 e.